The first-order chi connectivity index (χ1) is 21.6. The number of aliphatic hydroxyl groups excluding tert-OH is 1. The van der Waals surface area contributed by atoms with E-state index < -0.39 is 17.4 Å². The van der Waals surface area contributed by atoms with Gasteiger partial charge in [-0.25, -0.2) is 0 Å². The maximum atomic E-state index is 14.1. The molecule has 4 rings (SSSR count). The molecule has 2 atom stereocenters. The largest absolute Gasteiger partial charge is 0.395 e. The van der Waals surface area contributed by atoms with E-state index in [1.807, 2.05) is 48.5 Å². The van der Waals surface area contributed by atoms with E-state index in [-0.39, 0.29) is 31.4 Å². The molecule has 2 aromatic carbocycles. The first-order valence-corrected chi connectivity index (χ1v) is 15.9. The van der Waals surface area contributed by atoms with Gasteiger partial charge in [-0.1, -0.05) is 72.7 Å². The molecule has 2 aliphatic heterocycles. The number of anilines is 2. The average Bonchev–Trinajstić information content (AvgIpc) is 3.54. The molecular weight excluding hydrogens is 566 g/mol. The van der Waals surface area contributed by atoms with Crippen LogP contribution in [-0.2, 0) is 26.5 Å². The minimum Gasteiger partial charge on any atom is -0.395 e. The van der Waals surface area contributed by atoms with Gasteiger partial charge in [-0.3, -0.25) is 14.4 Å². The lowest BCUT2D eigenvalue weighted by Crippen LogP contribution is -2.44. The van der Waals surface area contributed by atoms with Gasteiger partial charge in [-0.05, 0) is 63.8 Å². The average molecular weight is 614 g/mol. The number of carbonyl (C=O) groups excluding carboxylic acids is 3. The van der Waals surface area contributed by atoms with Crippen molar-refractivity contribution < 1.29 is 24.6 Å². The van der Waals surface area contributed by atoms with Crippen LogP contribution < -0.4 is 9.80 Å². The number of allylic oxidation sites excluding steroid dienone is 3. The number of rotatable bonds is 14. The molecule has 0 bridgehead atoms. The molecule has 0 radical (unpaired) electrons. The van der Waals surface area contributed by atoms with Crippen LogP contribution in [0.25, 0.3) is 0 Å². The van der Waals surface area contributed by atoms with E-state index in [0.29, 0.717) is 43.0 Å². The fourth-order valence-corrected chi connectivity index (χ4v) is 6.00. The van der Waals surface area contributed by atoms with E-state index in [9.17, 15) is 24.6 Å². The van der Waals surface area contributed by atoms with Gasteiger partial charge in [0, 0.05) is 56.2 Å². The standard InChI is InChI=1S/C37H47N3O5/c1-27(2)11-8-12-28(3)20-22-40-33-19-18-31(39-21-10-17-35(39)43)25-32(33)37(45,36(40)44)29(4)13-9-16-34(42)38(23-24-41)26-30-14-6-5-7-15-30/h5-7,9,11,13-15,18-20,25,29,41,45H,8,10,12,16-17,21-24,26H2,1-4H3/b13-9+,28-20+/t29-,37+/m1/s1. The zero-order valence-electron chi connectivity index (χ0n) is 27.0. The summed E-state index contributed by atoms with van der Waals surface area (Å²) in [7, 11) is 0. The minimum absolute atomic E-state index is 0.0315. The van der Waals surface area contributed by atoms with Crippen LogP contribution in [0.15, 0.2) is 84.0 Å². The van der Waals surface area contributed by atoms with Crippen molar-refractivity contribution in [2.24, 2.45) is 5.92 Å². The Bertz CT molecular complexity index is 1460. The number of hydrogen-bond donors (Lipinski definition) is 2. The molecule has 2 N–H and O–H groups in total. The molecule has 1 saturated heterocycles. The van der Waals surface area contributed by atoms with Gasteiger partial charge in [0.15, 0.2) is 5.60 Å². The van der Waals surface area contributed by atoms with E-state index in [1.54, 1.807) is 39.8 Å². The van der Waals surface area contributed by atoms with Crippen molar-refractivity contribution in [3.63, 3.8) is 0 Å². The van der Waals surface area contributed by atoms with Gasteiger partial charge in [-0.15, -0.1) is 0 Å². The number of carbonyl (C=O) groups is 3. The highest BCUT2D eigenvalue weighted by Gasteiger charge is 2.52. The number of benzene rings is 2. The summed E-state index contributed by atoms with van der Waals surface area (Å²) in [5, 5.41) is 21.7. The van der Waals surface area contributed by atoms with E-state index in [2.05, 4.69) is 26.8 Å². The second-order valence-corrected chi connectivity index (χ2v) is 12.3. The normalized spacial score (nSPS) is 18.9. The Morgan fingerprint density at radius 1 is 1.09 bits per heavy atom. The van der Waals surface area contributed by atoms with Gasteiger partial charge in [0.1, 0.15) is 0 Å². The summed E-state index contributed by atoms with van der Waals surface area (Å²) >= 11 is 0. The maximum absolute atomic E-state index is 14.1. The number of aliphatic hydroxyl groups is 2. The molecule has 1 fully saturated rings. The molecule has 8 heteroatoms. The molecule has 8 nitrogen and oxygen atoms in total. The van der Waals surface area contributed by atoms with Crippen LogP contribution in [0.1, 0.15) is 70.9 Å². The third-order valence-corrected chi connectivity index (χ3v) is 8.67. The Morgan fingerprint density at radius 3 is 2.51 bits per heavy atom. The Labute approximate surface area is 267 Å². The van der Waals surface area contributed by atoms with Crippen LogP contribution in [0.5, 0.6) is 0 Å². The van der Waals surface area contributed by atoms with Gasteiger partial charge in [0.25, 0.3) is 5.91 Å². The third kappa shape index (κ3) is 7.99. The Kier molecular flexibility index (Phi) is 11.5. The summed E-state index contributed by atoms with van der Waals surface area (Å²) in [5.74, 6) is -1.21. The first kappa shape index (κ1) is 33.9. The van der Waals surface area contributed by atoms with Crippen molar-refractivity contribution >= 4 is 29.1 Å². The number of nitrogens with zero attached hydrogens (tertiary/aromatic N) is 3. The molecule has 2 aromatic rings. The molecular formula is C37H47N3O5. The molecule has 0 saturated carbocycles. The summed E-state index contributed by atoms with van der Waals surface area (Å²) in [6.07, 6.45) is 10.8. The van der Waals surface area contributed by atoms with Crippen molar-refractivity contribution in [2.45, 2.75) is 71.9 Å². The van der Waals surface area contributed by atoms with Crippen LogP contribution in [0.3, 0.4) is 0 Å². The summed E-state index contributed by atoms with van der Waals surface area (Å²) < 4.78 is 0. The van der Waals surface area contributed by atoms with Crippen LogP contribution in [0.2, 0.25) is 0 Å². The Balaban J connectivity index is 1.57. The highest BCUT2D eigenvalue weighted by Crippen LogP contribution is 2.47. The number of hydrogen-bond acceptors (Lipinski definition) is 5. The lowest BCUT2D eigenvalue weighted by Gasteiger charge is -2.28. The predicted octanol–water partition coefficient (Wildman–Crippen LogP) is 5.64. The van der Waals surface area contributed by atoms with E-state index in [0.717, 1.165) is 30.4 Å². The van der Waals surface area contributed by atoms with E-state index >= 15 is 0 Å². The smallest absolute Gasteiger partial charge is 0.264 e. The quantitative estimate of drug-likeness (QED) is 0.269. The SMILES string of the molecule is CC(C)=CCC/C(C)=C/CN1C(=O)[C@](O)([C@H](C)/C=C/CC(=O)N(CCO)Cc2ccccc2)c2cc(N3CCCC3=O)ccc21. The maximum Gasteiger partial charge on any atom is 0.264 e. The van der Waals surface area contributed by atoms with E-state index in [1.165, 1.54) is 5.57 Å². The molecule has 0 unspecified atom stereocenters. The molecule has 0 spiro atoms. The van der Waals surface area contributed by atoms with Crippen molar-refractivity contribution in [3.05, 3.63) is 95.1 Å². The van der Waals surface area contributed by atoms with Crippen LogP contribution in [0.4, 0.5) is 11.4 Å². The second-order valence-electron chi connectivity index (χ2n) is 12.3. The fourth-order valence-electron chi connectivity index (χ4n) is 6.00. The monoisotopic (exact) mass is 613 g/mol. The van der Waals surface area contributed by atoms with Gasteiger partial charge >= 0.3 is 0 Å². The lowest BCUT2D eigenvalue weighted by molar-refractivity contribution is -0.139. The molecule has 240 valence electrons. The van der Waals surface area contributed by atoms with Gasteiger partial charge in [0.05, 0.1) is 12.3 Å². The highest BCUT2D eigenvalue weighted by molar-refractivity contribution is 6.08. The first-order valence-electron chi connectivity index (χ1n) is 15.9. The molecule has 0 aliphatic carbocycles. The molecule has 2 heterocycles. The van der Waals surface area contributed by atoms with Gasteiger partial charge in [0.2, 0.25) is 11.8 Å². The molecule has 45 heavy (non-hydrogen) atoms. The summed E-state index contributed by atoms with van der Waals surface area (Å²) in [5.41, 5.74) is 3.29. The van der Waals surface area contributed by atoms with Crippen LogP contribution in [-0.4, -0.2) is 59.1 Å². The summed E-state index contributed by atoms with van der Waals surface area (Å²) in [4.78, 5) is 44.6. The minimum atomic E-state index is -1.87. The van der Waals surface area contributed by atoms with Gasteiger partial charge in [-0.2, -0.15) is 0 Å². The van der Waals surface area contributed by atoms with Crippen molar-refractivity contribution in [3.8, 4) is 0 Å². The third-order valence-electron chi connectivity index (χ3n) is 8.67. The zero-order valence-corrected chi connectivity index (χ0v) is 27.0. The van der Waals surface area contributed by atoms with Crippen molar-refractivity contribution in [1.82, 2.24) is 4.90 Å². The predicted molar refractivity (Wildman–Crippen MR) is 179 cm³/mol. The fraction of sp³-hybridized carbons (Fsp3) is 0.432. The van der Waals surface area contributed by atoms with Gasteiger partial charge < -0.3 is 24.9 Å². The van der Waals surface area contributed by atoms with Crippen molar-refractivity contribution in [2.75, 3.05) is 36.0 Å². The Hall–Kier alpha value is -4.01. The molecule has 0 aromatic heterocycles. The van der Waals surface area contributed by atoms with E-state index in [4.69, 9.17) is 0 Å². The van der Waals surface area contributed by atoms with Crippen LogP contribution in [0, 0.1) is 5.92 Å². The zero-order chi connectivity index (χ0) is 32.6. The molecule has 2 aliphatic rings. The topological polar surface area (TPSA) is 101 Å². The van der Waals surface area contributed by atoms with Crippen LogP contribution >= 0.6 is 0 Å². The lowest BCUT2D eigenvalue weighted by atomic mass is 9.82. The summed E-state index contributed by atoms with van der Waals surface area (Å²) in [6.45, 7) is 9.34. The summed E-state index contributed by atoms with van der Waals surface area (Å²) in [6, 6.07) is 15.1. The number of fused-ring (bicyclic) bond motifs is 1. The number of amides is 3. The van der Waals surface area contributed by atoms with Crippen molar-refractivity contribution in [1.29, 1.82) is 0 Å². The Morgan fingerprint density at radius 2 is 1.84 bits per heavy atom. The molecule has 3 amide bonds. The second kappa shape index (κ2) is 15.3. The highest BCUT2D eigenvalue weighted by atomic mass is 16.3.